The van der Waals surface area contributed by atoms with Gasteiger partial charge >= 0.3 is 0 Å². The minimum absolute atomic E-state index is 0.445. The summed E-state index contributed by atoms with van der Waals surface area (Å²) in [5.41, 5.74) is 3.04. The average molecular weight is 219 g/mol. The lowest BCUT2D eigenvalue weighted by Crippen LogP contribution is -2.42. The van der Waals surface area contributed by atoms with Gasteiger partial charge in [0, 0.05) is 19.2 Å². The maximum atomic E-state index is 5.15. The summed E-state index contributed by atoms with van der Waals surface area (Å²) < 4.78 is 5.15. The van der Waals surface area contributed by atoms with Crippen LogP contribution in [0.4, 0.5) is 0 Å². The van der Waals surface area contributed by atoms with Gasteiger partial charge in [-0.3, -0.25) is 0 Å². The van der Waals surface area contributed by atoms with Crippen LogP contribution in [0.5, 0.6) is 0 Å². The van der Waals surface area contributed by atoms with E-state index in [0.29, 0.717) is 12.1 Å². The molecular weight excluding hydrogens is 198 g/mol. The van der Waals surface area contributed by atoms with Crippen molar-refractivity contribution in [2.75, 3.05) is 13.7 Å². The van der Waals surface area contributed by atoms with E-state index in [1.54, 1.807) is 7.11 Å². The Morgan fingerprint density at radius 1 is 1.38 bits per heavy atom. The van der Waals surface area contributed by atoms with Gasteiger partial charge in [0.1, 0.15) is 0 Å². The van der Waals surface area contributed by atoms with E-state index in [1.807, 2.05) is 0 Å². The van der Waals surface area contributed by atoms with E-state index in [4.69, 9.17) is 4.74 Å². The smallest absolute Gasteiger partial charge is 0.0613 e. The van der Waals surface area contributed by atoms with Crippen molar-refractivity contribution in [2.24, 2.45) is 0 Å². The number of ether oxygens (including phenoxy) is 1. The molecule has 1 aromatic carbocycles. The molecule has 0 aliphatic heterocycles. The Bertz CT molecular complexity index is 337. The molecule has 1 aliphatic carbocycles. The molecule has 88 valence electrons. The molecule has 2 rings (SSSR count). The Balaban J connectivity index is 1.92. The standard InChI is InChI=1S/C14H21NO/c1-11(10-16-2)15-14-8-7-12-5-3-4-6-13(12)9-14/h3-6,11,14-15H,7-10H2,1-2H3/t11-,14+/m1/s1. The van der Waals surface area contributed by atoms with E-state index in [2.05, 4.69) is 36.5 Å². The molecule has 0 saturated heterocycles. The largest absolute Gasteiger partial charge is 0.383 e. The molecule has 0 spiro atoms. The molecule has 0 heterocycles. The Labute approximate surface area is 98.0 Å². The highest BCUT2D eigenvalue weighted by Gasteiger charge is 2.19. The number of hydrogen-bond acceptors (Lipinski definition) is 2. The van der Waals surface area contributed by atoms with Crippen LogP contribution in [0, 0.1) is 0 Å². The number of aryl methyl sites for hydroxylation is 1. The molecule has 0 saturated carbocycles. The van der Waals surface area contributed by atoms with E-state index in [1.165, 1.54) is 24.0 Å². The van der Waals surface area contributed by atoms with Gasteiger partial charge in [-0.25, -0.2) is 0 Å². The second-order valence-corrected chi connectivity index (χ2v) is 4.73. The normalized spacial score (nSPS) is 21.5. The quantitative estimate of drug-likeness (QED) is 0.838. The summed E-state index contributed by atoms with van der Waals surface area (Å²) in [7, 11) is 1.76. The maximum Gasteiger partial charge on any atom is 0.0613 e. The van der Waals surface area contributed by atoms with Crippen molar-refractivity contribution in [3.63, 3.8) is 0 Å². The van der Waals surface area contributed by atoms with Crippen LogP contribution in [0.3, 0.4) is 0 Å². The number of hydrogen-bond donors (Lipinski definition) is 1. The van der Waals surface area contributed by atoms with Crippen LogP contribution in [0.25, 0.3) is 0 Å². The average Bonchev–Trinajstić information content (AvgIpc) is 2.29. The summed E-state index contributed by atoms with van der Waals surface area (Å²) in [6.07, 6.45) is 3.60. The lowest BCUT2D eigenvalue weighted by Gasteiger charge is -2.28. The SMILES string of the molecule is COC[C@@H](C)N[C@H]1CCc2ccccc2C1. The third-order valence-electron chi connectivity index (χ3n) is 3.28. The Kier molecular flexibility index (Phi) is 3.97. The molecule has 1 N–H and O–H groups in total. The van der Waals surface area contributed by atoms with Crippen molar-refractivity contribution in [3.8, 4) is 0 Å². The number of benzene rings is 1. The summed E-state index contributed by atoms with van der Waals surface area (Å²) in [6, 6.07) is 9.84. The molecule has 0 aromatic heterocycles. The molecule has 0 radical (unpaired) electrons. The van der Waals surface area contributed by atoms with Gasteiger partial charge in [0.25, 0.3) is 0 Å². The fraction of sp³-hybridized carbons (Fsp3) is 0.571. The first-order valence-corrected chi connectivity index (χ1v) is 6.11. The van der Waals surface area contributed by atoms with Crippen molar-refractivity contribution in [1.82, 2.24) is 5.32 Å². The molecular formula is C14H21NO. The summed E-state index contributed by atoms with van der Waals surface area (Å²) in [5.74, 6) is 0. The summed E-state index contributed by atoms with van der Waals surface area (Å²) >= 11 is 0. The fourth-order valence-electron chi connectivity index (χ4n) is 2.54. The molecule has 2 nitrogen and oxygen atoms in total. The fourth-order valence-corrected chi connectivity index (χ4v) is 2.54. The van der Waals surface area contributed by atoms with Crippen molar-refractivity contribution >= 4 is 0 Å². The van der Waals surface area contributed by atoms with Crippen LogP contribution >= 0.6 is 0 Å². The number of rotatable bonds is 4. The van der Waals surface area contributed by atoms with Gasteiger partial charge in [0.2, 0.25) is 0 Å². The van der Waals surface area contributed by atoms with Crippen molar-refractivity contribution in [1.29, 1.82) is 0 Å². The summed E-state index contributed by atoms with van der Waals surface area (Å²) in [4.78, 5) is 0. The Hall–Kier alpha value is -0.860. The molecule has 2 atom stereocenters. The van der Waals surface area contributed by atoms with Crippen LogP contribution in [0.2, 0.25) is 0 Å². The van der Waals surface area contributed by atoms with E-state index < -0.39 is 0 Å². The Morgan fingerprint density at radius 2 is 2.12 bits per heavy atom. The number of nitrogens with one attached hydrogen (secondary N) is 1. The van der Waals surface area contributed by atoms with Crippen molar-refractivity contribution in [2.45, 2.75) is 38.3 Å². The van der Waals surface area contributed by atoms with Crippen molar-refractivity contribution < 1.29 is 4.74 Å². The molecule has 1 aliphatic rings. The highest BCUT2D eigenvalue weighted by atomic mass is 16.5. The first-order valence-electron chi connectivity index (χ1n) is 6.11. The van der Waals surface area contributed by atoms with Crippen LogP contribution < -0.4 is 5.32 Å². The predicted molar refractivity (Wildman–Crippen MR) is 66.7 cm³/mol. The van der Waals surface area contributed by atoms with Gasteiger partial charge in [0.15, 0.2) is 0 Å². The predicted octanol–water partition coefficient (Wildman–Crippen LogP) is 2.17. The van der Waals surface area contributed by atoms with E-state index >= 15 is 0 Å². The van der Waals surface area contributed by atoms with Crippen LogP contribution in [-0.2, 0) is 17.6 Å². The molecule has 0 unspecified atom stereocenters. The van der Waals surface area contributed by atoms with Gasteiger partial charge in [-0.05, 0) is 37.3 Å². The highest BCUT2D eigenvalue weighted by Crippen LogP contribution is 2.21. The lowest BCUT2D eigenvalue weighted by atomic mass is 9.88. The number of fused-ring (bicyclic) bond motifs is 1. The van der Waals surface area contributed by atoms with E-state index in [0.717, 1.165) is 13.0 Å². The monoisotopic (exact) mass is 219 g/mol. The number of methoxy groups -OCH3 is 1. The molecule has 1 aromatic rings. The first-order chi connectivity index (χ1) is 7.79. The second kappa shape index (κ2) is 5.46. The van der Waals surface area contributed by atoms with E-state index in [-0.39, 0.29) is 0 Å². The van der Waals surface area contributed by atoms with Gasteiger partial charge in [-0.15, -0.1) is 0 Å². The summed E-state index contributed by atoms with van der Waals surface area (Å²) in [6.45, 7) is 2.97. The third kappa shape index (κ3) is 2.83. The minimum atomic E-state index is 0.445. The van der Waals surface area contributed by atoms with Gasteiger partial charge in [-0.1, -0.05) is 24.3 Å². The van der Waals surface area contributed by atoms with Crippen molar-refractivity contribution in [3.05, 3.63) is 35.4 Å². The topological polar surface area (TPSA) is 21.3 Å². The zero-order valence-electron chi connectivity index (χ0n) is 10.2. The molecule has 0 bridgehead atoms. The minimum Gasteiger partial charge on any atom is -0.383 e. The van der Waals surface area contributed by atoms with Gasteiger partial charge < -0.3 is 10.1 Å². The molecule has 0 fully saturated rings. The van der Waals surface area contributed by atoms with Crippen LogP contribution in [0.1, 0.15) is 24.5 Å². The van der Waals surface area contributed by atoms with E-state index in [9.17, 15) is 0 Å². The van der Waals surface area contributed by atoms with Gasteiger partial charge in [-0.2, -0.15) is 0 Å². The second-order valence-electron chi connectivity index (χ2n) is 4.73. The van der Waals surface area contributed by atoms with Crippen LogP contribution in [-0.4, -0.2) is 25.8 Å². The zero-order valence-corrected chi connectivity index (χ0v) is 10.2. The lowest BCUT2D eigenvalue weighted by molar-refractivity contribution is 0.165. The van der Waals surface area contributed by atoms with Gasteiger partial charge in [0.05, 0.1) is 6.61 Å². The Morgan fingerprint density at radius 3 is 2.88 bits per heavy atom. The molecule has 0 amide bonds. The third-order valence-corrected chi connectivity index (χ3v) is 3.28. The first kappa shape index (κ1) is 11.6. The molecule has 2 heteroatoms. The highest BCUT2D eigenvalue weighted by molar-refractivity contribution is 5.30. The van der Waals surface area contributed by atoms with Crippen LogP contribution in [0.15, 0.2) is 24.3 Å². The summed E-state index contributed by atoms with van der Waals surface area (Å²) in [5, 5.41) is 3.64. The maximum absolute atomic E-state index is 5.15. The zero-order chi connectivity index (χ0) is 11.4. The molecule has 16 heavy (non-hydrogen) atoms.